The van der Waals surface area contributed by atoms with E-state index in [0.29, 0.717) is 30.5 Å². The van der Waals surface area contributed by atoms with Gasteiger partial charge in [-0.25, -0.2) is 9.89 Å². The molecule has 2 N–H and O–H groups in total. The van der Waals surface area contributed by atoms with Gasteiger partial charge in [-0.2, -0.15) is 10.1 Å². The van der Waals surface area contributed by atoms with Crippen molar-refractivity contribution in [2.75, 3.05) is 26.1 Å². The van der Waals surface area contributed by atoms with E-state index in [0.717, 1.165) is 12.0 Å². The Balaban J connectivity index is 1.76. The quantitative estimate of drug-likeness (QED) is 0.894. The Kier molecular flexibility index (Phi) is 3.82. The van der Waals surface area contributed by atoms with Crippen LogP contribution in [-0.2, 0) is 13.0 Å². The monoisotopic (exact) mass is 303 g/mol. The number of fused-ring (bicyclic) bond motifs is 1. The van der Waals surface area contributed by atoms with Crippen molar-refractivity contribution < 1.29 is 14.3 Å². The minimum Gasteiger partial charge on any atom is -0.493 e. The molecule has 0 fully saturated rings. The number of benzene rings is 1. The van der Waals surface area contributed by atoms with Crippen LogP contribution in [0.3, 0.4) is 0 Å². The Morgan fingerprint density at radius 1 is 1.27 bits per heavy atom. The highest BCUT2D eigenvalue weighted by Gasteiger charge is 2.23. The Labute approximate surface area is 127 Å². The fourth-order valence-corrected chi connectivity index (χ4v) is 2.50. The SMILES string of the molecule is COc1cc2c(cc1OC)CN(C(=O)Nc1ncn[nH]1)CC2. The largest absolute Gasteiger partial charge is 0.493 e. The zero-order chi connectivity index (χ0) is 15.5. The van der Waals surface area contributed by atoms with E-state index in [1.165, 1.54) is 11.9 Å². The summed E-state index contributed by atoms with van der Waals surface area (Å²) >= 11 is 0. The molecule has 0 spiro atoms. The highest BCUT2D eigenvalue weighted by atomic mass is 16.5. The summed E-state index contributed by atoms with van der Waals surface area (Å²) in [6.07, 6.45) is 2.11. The fourth-order valence-electron chi connectivity index (χ4n) is 2.50. The summed E-state index contributed by atoms with van der Waals surface area (Å²) in [5.74, 6) is 1.71. The van der Waals surface area contributed by atoms with Gasteiger partial charge in [0.2, 0.25) is 5.95 Å². The van der Waals surface area contributed by atoms with Gasteiger partial charge in [0.05, 0.1) is 14.2 Å². The minimum atomic E-state index is -0.211. The lowest BCUT2D eigenvalue weighted by atomic mass is 9.99. The molecular weight excluding hydrogens is 286 g/mol. The number of H-pyrrole nitrogens is 1. The van der Waals surface area contributed by atoms with Crippen LogP contribution in [0.15, 0.2) is 18.5 Å². The zero-order valence-electron chi connectivity index (χ0n) is 12.4. The van der Waals surface area contributed by atoms with Gasteiger partial charge in [-0.05, 0) is 29.7 Å². The van der Waals surface area contributed by atoms with Crippen molar-refractivity contribution in [3.05, 3.63) is 29.6 Å². The predicted octanol–water partition coefficient (Wildman–Crippen LogP) is 1.41. The first-order valence-corrected chi connectivity index (χ1v) is 6.86. The smallest absolute Gasteiger partial charge is 0.324 e. The standard InChI is InChI=1S/C14H17N5O3/c1-21-11-5-9-3-4-19(7-10(9)6-12(11)22-2)14(20)17-13-15-8-16-18-13/h5-6,8H,3-4,7H2,1-2H3,(H2,15,16,17,18,20). The van der Waals surface area contributed by atoms with E-state index in [4.69, 9.17) is 9.47 Å². The maximum Gasteiger partial charge on any atom is 0.324 e. The second-order valence-electron chi connectivity index (χ2n) is 4.91. The van der Waals surface area contributed by atoms with Crippen molar-refractivity contribution in [2.45, 2.75) is 13.0 Å². The van der Waals surface area contributed by atoms with Crippen molar-refractivity contribution in [3.63, 3.8) is 0 Å². The molecule has 2 aromatic rings. The molecule has 2 amide bonds. The van der Waals surface area contributed by atoms with E-state index >= 15 is 0 Å². The maximum absolute atomic E-state index is 12.2. The highest BCUT2D eigenvalue weighted by molar-refractivity contribution is 5.87. The minimum absolute atomic E-state index is 0.211. The number of methoxy groups -OCH3 is 2. The number of hydrogen-bond donors (Lipinski definition) is 2. The maximum atomic E-state index is 12.2. The molecule has 0 aliphatic carbocycles. The van der Waals surface area contributed by atoms with Gasteiger partial charge >= 0.3 is 6.03 Å². The summed E-state index contributed by atoms with van der Waals surface area (Å²) in [5.41, 5.74) is 2.22. The van der Waals surface area contributed by atoms with Crippen LogP contribution in [0.4, 0.5) is 10.7 Å². The molecule has 0 radical (unpaired) electrons. The third-order valence-electron chi connectivity index (χ3n) is 3.65. The lowest BCUT2D eigenvalue weighted by molar-refractivity contribution is 0.206. The second-order valence-corrected chi connectivity index (χ2v) is 4.91. The highest BCUT2D eigenvalue weighted by Crippen LogP contribution is 2.33. The summed E-state index contributed by atoms with van der Waals surface area (Å²) in [7, 11) is 3.21. The average molecular weight is 303 g/mol. The summed E-state index contributed by atoms with van der Waals surface area (Å²) in [4.78, 5) is 17.8. The van der Waals surface area contributed by atoms with Gasteiger partial charge in [-0.3, -0.25) is 5.32 Å². The number of urea groups is 1. The summed E-state index contributed by atoms with van der Waals surface area (Å²) in [5, 5.41) is 8.98. The molecule has 0 atom stereocenters. The molecule has 0 unspecified atom stereocenters. The number of carbonyl (C=O) groups excluding carboxylic acids is 1. The Morgan fingerprint density at radius 3 is 2.64 bits per heavy atom. The second kappa shape index (κ2) is 5.92. The van der Waals surface area contributed by atoms with Gasteiger partial charge in [0.15, 0.2) is 11.5 Å². The predicted molar refractivity (Wildman–Crippen MR) is 79.1 cm³/mol. The van der Waals surface area contributed by atoms with Crippen molar-refractivity contribution in [1.29, 1.82) is 0 Å². The van der Waals surface area contributed by atoms with Gasteiger partial charge < -0.3 is 14.4 Å². The van der Waals surface area contributed by atoms with Crippen molar-refractivity contribution in [3.8, 4) is 11.5 Å². The number of amides is 2. The van der Waals surface area contributed by atoms with Crippen LogP contribution in [0.1, 0.15) is 11.1 Å². The van der Waals surface area contributed by atoms with E-state index in [9.17, 15) is 4.79 Å². The lowest BCUT2D eigenvalue weighted by Crippen LogP contribution is -2.39. The fraction of sp³-hybridized carbons (Fsp3) is 0.357. The third-order valence-corrected chi connectivity index (χ3v) is 3.65. The molecule has 22 heavy (non-hydrogen) atoms. The van der Waals surface area contributed by atoms with Crippen molar-refractivity contribution >= 4 is 12.0 Å². The van der Waals surface area contributed by atoms with E-state index in [2.05, 4.69) is 20.5 Å². The van der Waals surface area contributed by atoms with E-state index < -0.39 is 0 Å². The van der Waals surface area contributed by atoms with Crippen LogP contribution >= 0.6 is 0 Å². The number of carbonyl (C=O) groups is 1. The lowest BCUT2D eigenvalue weighted by Gasteiger charge is -2.29. The molecule has 1 aliphatic rings. The number of rotatable bonds is 3. The van der Waals surface area contributed by atoms with Crippen LogP contribution in [0, 0.1) is 0 Å². The summed E-state index contributed by atoms with van der Waals surface area (Å²) < 4.78 is 10.6. The van der Waals surface area contributed by atoms with Gasteiger partial charge in [-0.1, -0.05) is 0 Å². The Morgan fingerprint density at radius 2 is 2.00 bits per heavy atom. The first-order chi connectivity index (χ1) is 10.7. The zero-order valence-corrected chi connectivity index (χ0v) is 12.4. The molecule has 0 saturated heterocycles. The van der Waals surface area contributed by atoms with Gasteiger partial charge in [0.1, 0.15) is 6.33 Å². The summed E-state index contributed by atoms with van der Waals surface area (Å²) in [6, 6.07) is 3.68. The number of nitrogens with one attached hydrogen (secondary N) is 2. The molecule has 1 aromatic carbocycles. The Bertz CT molecular complexity index is 671. The van der Waals surface area contributed by atoms with E-state index in [1.807, 2.05) is 12.1 Å². The molecule has 0 bridgehead atoms. The molecule has 8 heteroatoms. The van der Waals surface area contributed by atoms with Crippen LogP contribution < -0.4 is 14.8 Å². The first-order valence-electron chi connectivity index (χ1n) is 6.86. The summed E-state index contributed by atoms with van der Waals surface area (Å²) in [6.45, 7) is 1.14. The number of ether oxygens (including phenoxy) is 2. The molecule has 1 aromatic heterocycles. The topological polar surface area (TPSA) is 92.4 Å². The average Bonchev–Trinajstić information content (AvgIpc) is 3.05. The molecule has 2 heterocycles. The first kappa shape index (κ1) is 14.2. The van der Waals surface area contributed by atoms with Crippen molar-refractivity contribution in [2.24, 2.45) is 0 Å². The Hall–Kier alpha value is -2.77. The molecule has 1 aliphatic heterocycles. The van der Waals surface area contributed by atoms with Crippen LogP contribution in [0.2, 0.25) is 0 Å². The van der Waals surface area contributed by atoms with Crippen LogP contribution in [0.5, 0.6) is 11.5 Å². The number of nitrogens with zero attached hydrogens (tertiary/aromatic N) is 3. The van der Waals surface area contributed by atoms with E-state index in [1.54, 1.807) is 19.1 Å². The molecular formula is C14H17N5O3. The van der Waals surface area contributed by atoms with Crippen LogP contribution in [0.25, 0.3) is 0 Å². The number of hydrogen-bond acceptors (Lipinski definition) is 5. The molecule has 3 rings (SSSR count). The van der Waals surface area contributed by atoms with E-state index in [-0.39, 0.29) is 6.03 Å². The van der Waals surface area contributed by atoms with Crippen LogP contribution in [-0.4, -0.2) is 46.9 Å². The van der Waals surface area contributed by atoms with Crippen molar-refractivity contribution in [1.82, 2.24) is 20.1 Å². The van der Waals surface area contributed by atoms with Gasteiger partial charge in [-0.15, -0.1) is 0 Å². The third kappa shape index (κ3) is 2.67. The van der Waals surface area contributed by atoms with Gasteiger partial charge in [0.25, 0.3) is 0 Å². The number of anilines is 1. The molecule has 0 saturated carbocycles. The number of aromatic nitrogens is 3. The van der Waals surface area contributed by atoms with Gasteiger partial charge in [0, 0.05) is 13.1 Å². The normalized spacial score (nSPS) is 13.5. The molecule has 8 nitrogen and oxygen atoms in total. The molecule has 116 valence electrons. The number of aromatic amines is 1.